The van der Waals surface area contributed by atoms with Crippen molar-refractivity contribution in [3.05, 3.63) is 56.6 Å². The van der Waals surface area contributed by atoms with Crippen molar-refractivity contribution in [2.45, 2.75) is 19.1 Å². The van der Waals surface area contributed by atoms with E-state index in [2.05, 4.69) is 33.2 Å². The zero-order valence-electron chi connectivity index (χ0n) is 12.4. The third-order valence-corrected chi connectivity index (χ3v) is 4.12. The molecular formula is C16H13ClF3IN2O. The van der Waals surface area contributed by atoms with Gasteiger partial charge < -0.3 is 10.6 Å². The Morgan fingerprint density at radius 3 is 2.38 bits per heavy atom. The molecule has 2 rings (SSSR count). The van der Waals surface area contributed by atoms with Crippen LogP contribution in [0.25, 0.3) is 0 Å². The van der Waals surface area contributed by atoms with E-state index in [9.17, 15) is 18.0 Å². The third-order valence-electron chi connectivity index (χ3n) is 3.17. The number of alkyl halides is 3. The second-order valence-electron chi connectivity index (χ2n) is 5.05. The highest BCUT2D eigenvalue weighted by atomic mass is 127. The number of benzene rings is 2. The summed E-state index contributed by atoms with van der Waals surface area (Å²) in [6, 6.07) is 9.79. The molecule has 2 aromatic rings. The predicted molar refractivity (Wildman–Crippen MR) is 97.3 cm³/mol. The fourth-order valence-electron chi connectivity index (χ4n) is 1.96. The molecule has 0 saturated heterocycles. The fraction of sp³-hybridized carbons (Fsp3) is 0.188. The van der Waals surface area contributed by atoms with Crippen LogP contribution in [0.1, 0.15) is 12.5 Å². The molecule has 3 nitrogen and oxygen atoms in total. The van der Waals surface area contributed by atoms with Gasteiger partial charge in [0.2, 0.25) is 5.91 Å². The normalized spacial score (nSPS) is 12.6. The molecular weight excluding hydrogens is 456 g/mol. The van der Waals surface area contributed by atoms with Crippen molar-refractivity contribution in [2.75, 3.05) is 10.6 Å². The summed E-state index contributed by atoms with van der Waals surface area (Å²) < 4.78 is 40.1. The topological polar surface area (TPSA) is 41.1 Å². The van der Waals surface area contributed by atoms with E-state index in [4.69, 9.17) is 11.6 Å². The minimum Gasteiger partial charge on any atom is -0.374 e. The van der Waals surface area contributed by atoms with Crippen molar-refractivity contribution in [1.82, 2.24) is 0 Å². The van der Waals surface area contributed by atoms with Gasteiger partial charge in [0.1, 0.15) is 6.04 Å². The number of hydrogen-bond acceptors (Lipinski definition) is 2. The van der Waals surface area contributed by atoms with E-state index >= 15 is 0 Å². The molecule has 2 N–H and O–H groups in total. The first-order valence-electron chi connectivity index (χ1n) is 6.86. The lowest BCUT2D eigenvalue weighted by Gasteiger charge is -2.18. The summed E-state index contributed by atoms with van der Waals surface area (Å²) in [7, 11) is 0. The Hall–Kier alpha value is -1.48. The lowest BCUT2D eigenvalue weighted by Crippen LogP contribution is -2.32. The molecule has 128 valence electrons. The molecule has 0 aromatic heterocycles. The maximum absolute atomic E-state index is 13.0. The number of carbonyl (C=O) groups is 1. The van der Waals surface area contributed by atoms with Crippen LogP contribution < -0.4 is 10.6 Å². The SMILES string of the molecule is CC(Nc1ccc(I)cc1)C(=O)Nc1ccc(Cl)cc1C(F)(F)F. The average molecular weight is 469 g/mol. The first-order chi connectivity index (χ1) is 11.2. The highest BCUT2D eigenvalue weighted by molar-refractivity contribution is 14.1. The summed E-state index contributed by atoms with van der Waals surface area (Å²) in [5, 5.41) is 5.18. The second-order valence-corrected chi connectivity index (χ2v) is 6.73. The first-order valence-corrected chi connectivity index (χ1v) is 8.32. The van der Waals surface area contributed by atoms with Crippen molar-refractivity contribution in [3.8, 4) is 0 Å². The Balaban J connectivity index is 2.13. The van der Waals surface area contributed by atoms with Crippen LogP contribution in [-0.4, -0.2) is 11.9 Å². The number of nitrogens with one attached hydrogen (secondary N) is 2. The maximum atomic E-state index is 13.0. The molecule has 1 atom stereocenters. The Morgan fingerprint density at radius 1 is 1.17 bits per heavy atom. The molecule has 1 amide bonds. The first kappa shape index (κ1) is 18.9. The largest absolute Gasteiger partial charge is 0.418 e. The summed E-state index contributed by atoms with van der Waals surface area (Å²) in [5.74, 6) is -0.582. The number of rotatable bonds is 4. The lowest BCUT2D eigenvalue weighted by molar-refractivity contribution is -0.137. The average Bonchev–Trinajstić information content (AvgIpc) is 2.50. The van der Waals surface area contributed by atoms with Gasteiger partial charge in [-0.15, -0.1) is 0 Å². The zero-order valence-corrected chi connectivity index (χ0v) is 15.3. The van der Waals surface area contributed by atoms with Gasteiger partial charge in [0.15, 0.2) is 0 Å². The molecule has 0 aliphatic carbocycles. The van der Waals surface area contributed by atoms with E-state index in [-0.39, 0.29) is 10.7 Å². The van der Waals surface area contributed by atoms with Gasteiger partial charge in [-0.2, -0.15) is 13.2 Å². The van der Waals surface area contributed by atoms with E-state index in [0.29, 0.717) is 5.69 Å². The number of carbonyl (C=O) groups excluding carboxylic acids is 1. The van der Waals surface area contributed by atoms with E-state index in [1.807, 2.05) is 12.1 Å². The fourth-order valence-corrected chi connectivity index (χ4v) is 2.49. The molecule has 1 unspecified atom stereocenters. The van der Waals surface area contributed by atoms with Gasteiger partial charge in [-0.25, -0.2) is 0 Å². The van der Waals surface area contributed by atoms with Gasteiger partial charge in [-0.3, -0.25) is 4.79 Å². The van der Waals surface area contributed by atoms with E-state index < -0.39 is 23.7 Å². The summed E-state index contributed by atoms with van der Waals surface area (Å²) in [6.07, 6.45) is -4.61. The van der Waals surface area contributed by atoms with Crippen molar-refractivity contribution >= 4 is 51.5 Å². The third kappa shape index (κ3) is 5.01. The smallest absolute Gasteiger partial charge is 0.374 e. The molecule has 0 saturated carbocycles. The van der Waals surface area contributed by atoms with Crippen LogP contribution in [0.2, 0.25) is 5.02 Å². The number of amides is 1. The molecule has 0 radical (unpaired) electrons. The van der Waals surface area contributed by atoms with Gasteiger partial charge in [0, 0.05) is 14.3 Å². The van der Waals surface area contributed by atoms with Gasteiger partial charge in [0.05, 0.1) is 11.3 Å². The van der Waals surface area contributed by atoms with E-state index in [1.165, 1.54) is 6.07 Å². The molecule has 0 fully saturated rings. The highest BCUT2D eigenvalue weighted by Gasteiger charge is 2.34. The van der Waals surface area contributed by atoms with Gasteiger partial charge >= 0.3 is 6.18 Å². The van der Waals surface area contributed by atoms with Gasteiger partial charge in [-0.05, 0) is 72.0 Å². The molecule has 0 heterocycles. The van der Waals surface area contributed by atoms with Crippen LogP contribution in [0.3, 0.4) is 0 Å². The summed E-state index contributed by atoms with van der Waals surface area (Å²) >= 11 is 7.76. The molecule has 24 heavy (non-hydrogen) atoms. The predicted octanol–water partition coefficient (Wildman–Crippen LogP) is 5.40. The quantitative estimate of drug-likeness (QED) is 0.590. The summed E-state index contributed by atoms with van der Waals surface area (Å²) in [4.78, 5) is 12.2. The minimum absolute atomic E-state index is 0.0506. The van der Waals surface area contributed by atoms with Crippen LogP contribution in [0.4, 0.5) is 24.5 Å². The van der Waals surface area contributed by atoms with Crippen LogP contribution in [-0.2, 0) is 11.0 Å². The molecule has 0 aliphatic rings. The lowest BCUT2D eigenvalue weighted by atomic mass is 10.1. The van der Waals surface area contributed by atoms with Crippen LogP contribution in [0.15, 0.2) is 42.5 Å². The highest BCUT2D eigenvalue weighted by Crippen LogP contribution is 2.36. The standard InChI is InChI=1S/C16H13ClF3IN2O/c1-9(22-12-5-3-11(21)4-6-12)15(24)23-14-7-2-10(17)8-13(14)16(18,19)20/h2-9,22H,1H3,(H,23,24). The van der Waals surface area contributed by atoms with Crippen molar-refractivity contribution in [1.29, 1.82) is 0 Å². The maximum Gasteiger partial charge on any atom is 0.418 e. The van der Waals surface area contributed by atoms with Crippen LogP contribution >= 0.6 is 34.2 Å². The van der Waals surface area contributed by atoms with Crippen molar-refractivity contribution in [3.63, 3.8) is 0 Å². The number of hydrogen-bond donors (Lipinski definition) is 2. The number of anilines is 2. The molecule has 8 heteroatoms. The van der Waals surface area contributed by atoms with Crippen LogP contribution in [0, 0.1) is 3.57 Å². The van der Waals surface area contributed by atoms with E-state index in [1.54, 1.807) is 19.1 Å². The number of halogens is 5. The Kier molecular flexibility index (Phi) is 5.97. The van der Waals surface area contributed by atoms with Crippen molar-refractivity contribution in [2.24, 2.45) is 0 Å². The Morgan fingerprint density at radius 2 is 1.79 bits per heavy atom. The molecule has 0 aliphatic heterocycles. The van der Waals surface area contributed by atoms with Gasteiger partial charge in [0.25, 0.3) is 0 Å². The molecule has 0 spiro atoms. The Bertz CT molecular complexity index is 735. The monoisotopic (exact) mass is 468 g/mol. The van der Waals surface area contributed by atoms with Crippen LogP contribution in [0.5, 0.6) is 0 Å². The molecule has 2 aromatic carbocycles. The summed E-state index contributed by atoms with van der Waals surface area (Å²) in [6.45, 7) is 1.57. The second kappa shape index (κ2) is 7.60. The zero-order chi connectivity index (χ0) is 17.9. The molecule has 0 bridgehead atoms. The summed E-state index contributed by atoms with van der Waals surface area (Å²) in [5.41, 5.74) is -0.608. The minimum atomic E-state index is -4.61. The van der Waals surface area contributed by atoms with E-state index in [0.717, 1.165) is 15.7 Å². The van der Waals surface area contributed by atoms with Crippen molar-refractivity contribution < 1.29 is 18.0 Å². The Labute approximate surface area is 155 Å². The van der Waals surface area contributed by atoms with Gasteiger partial charge in [-0.1, -0.05) is 11.6 Å².